The van der Waals surface area contributed by atoms with Gasteiger partial charge in [-0.05, 0) is 0 Å². The standard InChI is InChI=1S/C20H14NO3S.In/c22-17(12-14-6-2-1-3-7-14)11-10-15-8-4-5-9-16(15)13-18-19(23)21-20(24)25-18;/h1-7,9-10,13,18H,12H2,(H,21,23,24);. The van der Waals surface area contributed by atoms with Gasteiger partial charge in [0.25, 0.3) is 0 Å². The number of benzene rings is 2. The summed E-state index contributed by atoms with van der Waals surface area (Å²) < 4.78 is 2.36. The van der Waals surface area contributed by atoms with E-state index in [2.05, 4.69) is 23.5 Å². The Morgan fingerprint density at radius 1 is 1.08 bits per heavy atom. The normalized spacial score (nSPS) is 22.6. The number of amides is 2. The van der Waals surface area contributed by atoms with E-state index in [0.29, 0.717) is 6.42 Å². The van der Waals surface area contributed by atoms with Gasteiger partial charge >= 0.3 is 163 Å². The number of hydrogen-bond acceptors (Lipinski definition) is 4. The third kappa shape index (κ3) is 2.42. The van der Waals surface area contributed by atoms with E-state index in [1.165, 1.54) is 8.88 Å². The molecule has 0 aromatic heterocycles. The summed E-state index contributed by atoms with van der Waals surface area (Å²) in [6.45, 7) is 0. The monoisotopic (exact) mass is 463 g/mol. The first kappa shape index (κ1) is 16.4. The Morgan fingerprint density at radius 2 is 1.88 bits per heavy atom. The number of nitrogens with one attached hydrogen (secondary N) is 1. The van der Waals surface area contributed by atoms with Gasteiger partial charge in [-0.15, -0.1) is 0 Å². The number of hydrogen-bond donors (Lipinski definition) is 1. The van der Waals surface area contributed by atoms with Crippen LogP contribution < -0.4 is 8.64 Å². The molecule has 4 bridgehead atoms. The topological polar surface area (TPSA) is 63.2 Å². The molecule has 2 unspecified atom stereocenters. The molecular weight excluding hydrogens is 449 g/mol. The van der Waals surface area contributed by atoms with Crippen LogP contribution in [0.5, 0.6) is 0 Å². The van der Waals surface area contributed by atoms with Gasteiger partial charge in [0.2, 0.25) is 0 Å². The fourth-order valence-electron chi connectivity index (χ4n) is 4.39. The van der Waals surface area contributed by atoms with Crippen LogP contribution >= 0.6 is 11.8 Å². The molecule has 1 N–H and O–H groups in total. The summed E-state index contributed by atoms with van der Waals surface area (Å²) in [5.41, 5.74) is 3.34. The summed E-state index contributed by atoms with van der Waals surface area (Å²) in [6.07, 6.45) is 2.48. The van der Waals surface area contributed by atoms with Crippen molar-refractivity contribution in [1.82, 2.24) is 5.32 Å². The van der Waals surface area contributed by atoms with Gasteiger partial charge in [0.15, 0.2) is 0 Å². The van der Waals surface area contributed by atoms with Crippen LogP contribution in [-0.4, -0.2) is 43.6 Å². The van der Waals surface area contributed by atoms with E-state index >= 15 is 0 Å². The minimum absolute atomic E-state index is 0.0629. The van der Waals surface area contributed by atoms with Crippen molar-refractivity contribution in [2.75, 3.05) is 0 Å². The van der Waals surface area contributed by atoms with Crippen molar-refractivity contribution in [3.8, 4) is 0 Å². The van der Waals surface area contributed by atoms with Crippen molar-refractivity contribution in [1.29, 1.82) is 0 Å². The van der Waals surface area contributed by atoms with Crippen LogP contribution in [0.1, 0.15) is 20.4 Å². The van der Waals surface area contributed by atoms with Crippen molar-refractivity contribution in [2.24, 2.45) is 0 Å². The first-order chi connectivity index (χ1) is 12.6. The van der Waals surface area contributed by atoms with Crippen molar-refractivity contribution in [3.05, 3.63) is 68.6 Å². The molecule has 5 rings (SSSR count). The Balaban J connectivity index is 1.50. The Morgan fingerprint density at radius 3 is 2.58 bits per heavy atom. The van der Waals surface area contributed by atoms with Crippen LogP contribution in [0.2, 0.25) is 0 Å². The van der Waals surface area contributed by atoms with Crippen LogP contribution in [0.3, 0.4) is 0 Å². The molecule has 3 aliphatic rings. The van der Waals surface area contributed by atoms with Crippen LogP contribution in [0.25, 0.3) is 6.08 Å². The molecule has 2 aromatic rings. The van der Waals surface area contributed by atoms with E-state index in [1.54, 1.807) is 0 Å². The van der Waals surface area contributed by atoms with Crippen LogP contribution in [0, 0.1) is 0 Å². The molecule has 0 saturated carbocycles. The molecule has 126 valence electrons. The number of allylic oxidation sites excluding steroid dienone is 1. The summed E-state index contributed by atoms with van der Waals surface area (Å²) >= 11 is -1.63. The molecule has 1 fully saturated rings. The average molecular weight is 463 g/mol. The molecular formula is C20H14InNO3S. The molecule has 3 aliphatic heterocycles. The van der Waals surface area contributed by atoms with Gasteiger partial charge in [-0.3, -0.25) is 0 Å². The number of carbonyl (C=O) groups excluding carboxylic acids is 3. The van der Waals surface area contributed by atoms with Crippen LogP contribution in [0.4, 0.5) is 4.79 Å². The zero-order valence-electron chi connectivity index (χ0n) is 13.8. The van der Waals surface area contributed by atoms with Crippen LogP contribution in [-0.2, 0) is 16.0 Å². The fourth-order valence-corrected chi connectivity index (χ4v) is 18.3. The van der Waals surface area contributed by atoms with E-state index in [1.807, 2.05) is 36.4 Å². The molecule has 6 heteroatoms. The average Bonchev–Trinajstić information content (AvgIpc) is 3.22. The van der Waals surface area contributed by atoms with E-state index in [4.69, 9.17) is 0 Å². The Bertz CT molecular complexity index is 1000. The zero-order chi connectivity index (χ0) is 17.8. The first-order valence-corrected chi connectivity index (χ1v) is 14.6. The van der Waals surface area contributed by atoms with E-state index < -0.39 is 21.4 Å². The number of ketones is 1. The van der Waals surface area contributed by atoms with Gasteiger partial charge in [-0.25, -0.2) is 0 Å². The third-order valence-electron chi connectivity index (χ3n) is 5.44. The number of Topliss-reactive ketones (excluding diaryl/α,β-unsaturated/α-hetero) is 1. The van der Waals surface area contributed by atoms with Crippen molar-refractivity contribution in [3.63, 3.8) is 0 Å². The van der Waals surface area contributed by atoms with Crippen molar-refractivity contribution < 1.29 is 14.4 Å². The van der Waals surface area contributed by atoms with E-state index in [9.17, 15) is 14.4 Å². The summed E-state index contributed by atoms with van der Waals surface area (Å²) in [5.74, 6) is -0.0181. The fraction of sp³-hybridized carbons (Fsp3) is 0.150. The third-order valence-corrected chi connectivity index (χ3v) is 18.1. The molecule has 2 amide bonds. The maximum atomic E-state index is 13.0. The Labute approximate surface area is 162 Å². The first-order valence-electron chi connectivity index (χ1n) is 8.56. The minimum atomic E-state index is -2.72. The van der Waals surface area contributed by atoms with E-state index in [-0.39, 0.29) is 25.9 Å². The molecule has 4 nitrogen and oxygen atoms in total. The molecule has 2 aromatic carbocycles. The SMILES string of the molecule is O=C1NC(=O)C([CH]2c3ccc[c]4c3C=[C](C(=O)Cc3ccccc3)[In]42)S1. The molecule has 26 heavy (non-hydrogen) atoms. The van der Waals surface area contributed by atoms with Gasteiger partial charge in [0.05, 0.1) is 0 Å². The number of thioether (sulfide) groups is 1. The summed E-state index contributed by atoms with van der Waals surface area (Å²) in [5, 5.41) is 1.77. The molecule has 0 spiro atoms. The summed E-state index contributed by atoms with van der Waals surface area (Å²) in [4.78, 5) is 37.1. The molecule has 0 aliphatic carbocycles. The zero-order valence-corrected chi connectivity index (χ0v) is 17.9. The van der Waals surface area contributed by atoms with Gasteiger partial charge in [-0.1, -0.05) is 0 Å². The molecule has 3 heterocycles. The Kier molecular flexibility index (Phi) is 3.87. The predicted molar refractivity (Wildman–Crippen MR) is 103 cm³/mol. The number of rotatable bonds is 4. The van der Waals surface area contributed by atoms with Gasteiger partial charge in [-0.2, -0.15) is 0 Å². The summed E-state index contributed by atoms with van der Waals surface area (Å²) in [7, 11) is 0. The second-order valence-electron chi connectivity index (χ2n) is 6.85. The van der Waals surface area contributed by atoms with Crippen LogP contribution in [0.15, 0.2) is 51.9 Å². The van der Waals surface area contributed by atoms with E-state index in [0.717, 1.165) is 26.2 Å². The number of imide groups is 1. The van der Waals surface area contributed by atoms with Gasteiger partial charge in [0.1, 0.15) is 0 Å². The van der Waals surface area contributed by atoms with Gasteiger partial charge < -0.3 is 0 Å². The second-order valence-corrected chi connectivity index (χ2v) is 16.3. The van der Waals surface area contributed by atoms with Crippen molar-refractivity contribution in [2.45, 2.75) is 15.3 Å². The molecule has 2 atom stereocenters. The Hall–Kier alpha value is -1.79. The van der Waals surface area contributed by atoms with Crippen molar-refractivity contribution >= 4 is 59.5 Å². The summed E-state index contributed by atoms with van der Waals surface area (Å²) in [6, 6.07) is 16.0. The molecule has 1 saturated heterocycles. The second kappa shape index (κ2) is 6.13. The number of carbonyl (C=O) groups is 3. The maximum absolute atomic E-state index is 13.0. The van der Waals surface area contributed by atoms with Gasteiger partial charge in [0, 0.05) is 0 Å². The quantitative estimate of drug-likeness (QED) is 0.755. The molecule has 0 radical (unpaired) electrons. The predicted octanol–water partition coefficient (Wildman–Crippen LogP) is 2.12.